The number of nitrogens with zero attached hydrogens (tertiary/aromatic N) is 3. The van der Waals surface area contributed by atoms with Crippen molar-refractivity contribution in [3.05, 3.63) is 29.2 Å². The molecule has 0 radical (unpaired) electrons. The SMILES string of the molecule is Cc1ncc(OC(F)F)cc1-c1nn(C(C)C)c2c1CCC(C(=O)NC1(C)CC(=S)C1)C2. The Labute approximate surface area is 191 Å². The van der Waals surface area contributed by atoms with Crippen LogP contribution in [0.25, 0.3) is 11.3 Å². The highest BCUT2D eigenvalue weighted by Gasteiger charge is 2.40. The molecular weight excluding hydrogens is 434 g/mol. The van der Waals surface area contributed by atoms with E-state index in [0.29, 0.717) is 30.5 Å². The van der Waals surface area contributed by atoms with Gasteiger partial charge in [-0.2, -0.15) is 13.9 Å². The van der Waals surface area contributed by atoms with E-state index in [0.717, 1.165) is 34.7 Å². The van der Waals surface area contributed by atoms with E-state index in [2.05, 4.69) is 15.0 Å². The van der Waals surface area contributed by atoms with Crippen LogP contribution < -0.4 is 10.1 Å². The summed E-state index contributed by atoms with van der Waals surface area (Å²) in [6.07, 6.45) is 4.78. The summed E-state index contributed by atoms with van der Waals surface area (Å²) >= 11 is 5.21. The van der Waals surface area contributed by atoms with Crippen LogP contribution >= 0.6 is 12.2 Å². The highest BCUT2D eigenvalue weighted by atomic mass is 32.1. The van der Waals surface area contributed by atoms with Gasteiger partial charge in [-0.25, -0.2) is 0 Å². The van der Waals surface area contributed by atoms with Crippen molar-refractivity contribution in [3.8, 4) is 17.0 Å². The van der Waals surface area contributed by atoms with Crippen LogP contribution in [0, 0.1) is 12.8 Å². The number of aryl methyl sites for hydroxylation is 1. The fourth-order valence-corrected chi connectivity index (χ4v) is 5.37. The van der Waals surface area contributed by atoms with Gasteiger partial charge in [-0.05, 0) is 51.5 Å². The number of carbonyl (C=O) groups excluding carboxylic acids is 1. The second-order valence-corrected chi connectivity index (χ2v) is 9.95. The molecule has 2 aliphatic carbocycles. The summed E-state index contributed by atoms with van der Waals surface area (Å²) < 4.78 is 31.9. The van der Waals surface area contributed by atoms with Crippen molar-refractivity contribution in [1.29, 1.82) is 0 Å². The van der Waals surface area contributed by atoms with Crippen molar-refractivity contribution >= 4 is 23.0 Å². The van der Waals surface area contributed by atoms with Gasteiger partial charge in [0, 0.05) is 59.3 Å². The lowest BCUT2D eigenvalue weighted by Crippen LogP contribution is -2.56. The number of hydrogen-bond acceptors (Lipinski definition) is 5. The molecule has 0 bridgehead atoms. The first-order valence-electron chi connectivity index (χ1n) is 10.9. The summed E-state index contributed by atoms with van der Waals surface area (Å²) in [6.45, 7) is 5.03. The molecule has 2 aromatic heterocycles. The number of alkyl halides is 2. The minimum atomic E-state index is -2.92. The molecular formula is C23H28F2N4O2S. The number of halogens is 2. The fraction of sp³-hybridized carbons (Fsp3) is 0.565. The molecule has 1 N–H and O–H groups in total. The molecule has 2 aliphatic rings. The Bertz CT molecular complexity index is 1060. The smallest absolute Gasteiger partial charge is 0.387 e. The number of carbonyl (C=O) groups is 1. The molecule has 32 heavy (non-hydrogen) atoms. The average molecular weight is 463 g/mol. The summed E-state index contributed by atoms with van der Waals surface area (Å²) in [5, 5.41) is 8.03. The Kier molecular flexibility index (Phi) is 6.04. The van der Waals surface area contributed by atoms with Crippen molar-refractivity contribution < 1.29 is 18.3 Å². The van der Waals surface area contributed by atoms with Gasteiger partial charge in [0.2, 0.25) is 5.91 Å². The number of rotatable bonds is 6. The minimum Gasteiger partial charge on any atom is -0.433 e. The number of thiocarbonyl (C=S) groups is 1. The zero-order chi connectivity index (χ0) is 23.2. The predicted molar refractivity (Wildman–Crippen MR) is 121 cm³/mol. The van der Waals surface area contributed by atoms with Crippen LogP contribution in [-0.4, -0.2) is 37.7 Å². The summed E-state index contributed by atoms with van der Waals surface area (Å²) in [6, 6.07) is 1.66. The van der Waals surface area contributed by atoms with Gasteiger partial charge in [0.1, 0.15) is 5.75 Å². The topological polar surface area (TPSA) is 69.0 Å². The molecule has 0 aromatic carbocycles. The first-order chi connectivity index (χ1) is 15.1. The van der Waals surface area contributed by atoms with E-state index >= 15 is 0 Å². The van der Waals surface area contributed by atoms with Crippen LogP contribution in [0.1, 0.15) is 63.0 Å². The molecule has 1 saturated carbocycles. The Hall–Kier alpha value is -2.42. The number of hydrogen-bond donors (Lipinski definition) is 1. The molecule has 172 valence electrons. The van der Waals surface area contributed by atoms with Crippen molar-refractivity contribution in [2.45, 2.75) is 78.0 Å². The maximum absolute atomic E-state index is 13.0. The number of ether oxygens (including phenoxy) is 1. The van der Waals surface area contributed by atoms with E-state index in [-0.39, 0.29) is 29.2 Å². The maximum Gasteiger partial charge on any atom is 0.387 e. The third-order valence-corrected chi connectivity index (χ3v) is 6.59. The number of aromatic nitrogens is 3. The van der Waals surface area contributed by atoms with Crippen molar-refractivity contribution in [3.63, 3.8) is 0 Å². The molecule has 2 aromatic rings. The lowest BCUT2D eigenvalue weighted by molar-refractivity contribution is -0.127. The second-order valence-electron chi connectivity index (χ2n) is 9.38. The van der Waals surface area contributed by atoms with Gasteiger partial charge in [-0.1, -0.05) is 12.2 Å². The zero-order valence-electron chi connectivity index (χ0n) is 18.7. The Morgan fingerprint density at radius 1 is 1.38 bits per heavy atom. The monoisotopic (exact) mass is 462 g/mol. The van der Waals surface area contributed by atoms with Crippen molar-refractivity contribution in [1.82, 2.24) is 20.1 Å². The highest BCUT2D eigenvalue weighted by molar-refractivity contribution is 7.80. The number of nitrogens with one attached hydrogen (secondary N) is 1. The van der Waals surface area contributed by atoms with Gasteiger partial charge >= 0.3 is 6.61 Å². The number of fused-ring (bicyclic) bond motifs is 1. The zero-order valence-corrected chi connectivity index (χ0v) is 19.6. The predicted octanol–water partition coefficient (Wildman–Crippen LogP) is 4.58. The fourth-order valence-electron chi connectivity index (χ4n) is 4.73. The maximum atomic E-state index is 13.0. The number of amides is 1. The molecule has 0 saturated heterocycles. The van der Waals surface area contributed by atoms with E-state index in [9.17, 15) is 13.6 Å². The van der Waals surface area contributed by atoms with Gasteiger partial charge in [-0.3, -0.25) is 14.5 Å². The van der Waals surface area contributed by atoms with E-state index < -0.39 is 6.61 Å². The third-order valence-electron chi connectivity index (χ3n) is 6.30. The Morgan fingerprint density at radius 3 is 2.72 bits per heavy atom. The first-order valence-corrected chi connectivity index (χ1v) is 11.3. The molecule has 2 heterocycles. The molecule has 1 fully saturated rings. The van der Waals surface area contributed by atoms with Crippen LogP contribution in [0.2, 0.25) is 0 Å². The Balaban J connectivity index is 1.64. The van der Waals surface area contributed by atoms with E-state index in [1.807, 2.05) is 32.4 Å². The molecule has 0 spiro atoms. The minimum absolute atomic E-state index is 0.00756. The van der Waals surface area contributed by atoms with Gasteiger partial charge in [0.05, 0.1) is 11.9 Å². The quantitative estimate of drug-likeness (QED) is 0.637. The van der Waals surface area contributed by atoms with Gasteiger partial charge in [0.15, 0.2) is 0 Å². The van der Waals surface area contributed by atoms with E-state index in [1.165, 1.54) is 6.20 Å². The van der Waals surface area contributed by atoms with Gasteiger partial charge < -0.3 is 10.1 Å². The summed E-state index contributed by atoms with van der Waals surface area (Å²) in [5.74, 6) is -0.0691. The average Bonchev–Trinajstić information content (AvgIpc) is 3.07. The molecule has 1 atom stereocenters. The molecule has 4 rings (SSSR count). The van der Waals surface area contributed by atoms with Crippen LogP contribution in [0.3, 0.4) is 0 Å². The van der Waals surface area contributed by atoms with Crippen LogP contribution in [0.5, 0.6) is 5.75 Å². The van der Waals surface area contributed by atoms with Gasteiger partial charge in [-0.15, -0.1) is 0 Å². The third kappa shape index (κ3) is 4.40. The van der Waals surface area contributed by atoms with Crippen LogP contribution in [-0.2, 0) is 17.6 Å². The van der Waals surface area contributed by atoms with Crippen LogP contribution in [0.15, 0.2) is 12.3 Å². The molecule has 6 nitrogen and oxygen atoms in total. The first kappa shape index (κ1) is 22.8. The number of pyridine rings is 1. The summed E-state index contributed by atoms with van der Waals surface area (Å²) in [5.41, 5.74) is 3.95. The molecule has 0 aliphatic heterocycles. The van der Waals surface area contributed by atoms with Crippen molar-refractivity contribution in [2.75, 3.05) is 0 Å². The van der Waals surface area contributed by atoms with Gasteiger partial charge in [0.25, 0.3) is 0 Å². The van der Waals surface area contributed by atoms with E-state index in [4.69, 9.17) is 17.3 Å². The summed E-state index contributed by atoms with van der Waals surface area (Å²) in [7, 11) is 0. The second kappa shape index (κ2) is 8.50. The van der Waals surface area contributed by atoms with E-state index in [1.54, 1.807) is 6.07 Å². The standard InChI is InChI=1S/C23H28F2N4O2S/c1-12(2)29-19-7-14(21(30)27-23(4)9-16(32)10-23)5-6-17(19)20(28-29)18-8-15(31-22(24)25)11-26-13(18)3/h8,11-12,14,22H,5-7,9-10H2,1-4H3,(H,27,30). The van der Waals surface area contributed by atoms with Crippen LogP contribution in [0.4, 0.5) is 8.78 Å². The summed E-state index contributed by atoms with van der Waals surface area (Å²) in [4.78, 5) is 18.2. The normalized spacial score (nSPS) is 19.6. The van der Waals surface area contributed by atoms with Crippen molar-refractivity contribution in [2.24, 2.45) is 5.92 Å². The molecule has 1 unspecified atom stereocenters. The lowest BCUT2D eigenvalue weighted by Gasteiger charge is -2.41. The Morgan fingerprint density at radius 2 is 2.09 bits per heavy atom. The highest BCUT2D eigenvalue weighted by Crippen LogP contribution is 2.37. The molecule has 9 heteroatoms. The largest absolute Gasteiger partial charge is 0.433 e. The lowest BCUT2D eigenvalue weighted by atomic mass is 9.77. The molecule has 1 amide bonds.